The zero-order valence-corrected chi connectivity index (χ0v) is 12.8. The molecule has 128 valence electrons. The first-order chi connectivity index (χ1) is 11.5. The van der Waals surface area contributed by atoms with Gasteiger partial charge in [0.05, 0.1) is 18.8 Å². The predicted molar refractivity (Wildman–Crippen MR) is 84.8 cm³/mol. The zero-order chi connectivity index (χ0) is 17.9. The molecule has 0 fully saturated rings. The summed E-state index contributed by atoms with van der Waals surface area (Å²) in [5.74, 6) is -1.70. The van der Waals surface area contributed by atoms with Gasteiger partial charge in [-0.05, 0) is 29.8 Å². The van der Waals surface area contributed by atoms with E-state index in [4.69, 9.17) is 15.3 Å². The molecule has 2 aromatic carbocycles. The first-order valence-electron chi connectivity index (χ1n) is 6.98. The van der Waals surface area contributed by atoms with Gasteiger partial charge in [0.1, 0.15) is 17.9 Å². The van der Waals surface area contributed by atoms with Crippen LogP contribution in [0, 0.1) is 0 Å². The lowest BCUT2D eigenvalue weighted by Gasteiger charge is -2.03. The molecule has 0 radical (unpaired) electrons. The largest absolute Gasteiger partial charge is 0.507 e. The number of rotatable bonds is 5. The number of phenols is 1. The fourth-order valence-electron chi connectivity index (χ4n) is 1.62. The fourth-order valence-corrected chi connectivity index (χ4v) is 1.62. The Labute approximate surface area is 138 Å². The first-order valence-corrected chi connectivity index (χ1v) is 6.98. The average Bonchev–Trinajstić information content (AvgIpc) is 2.60. The molecule has 2 aromatic rings. The minimum atomic E-state index is -0.950. The number of ether oxygens (including phenoxy) is 1. The standard InChI is InChI=1S/C9H10O4.C8H8O3/c10-5-6-13-9(12)7-3-1-2-4-8(7)11;9-5-6-1-3-7(4-2-6)8(10)11/h1-4,10-11H,5-6H2;1-4,9H,5H2,(H,10,11). The van der Waals surface area contributed by atoms with Crippen molar-refractivity contribution in [3.8, 4) is 5.75 Å². The van der Waals surface area contributed by atoms with Gasteiger partial charge < -0.3 is 25.2 Å². The fraction of sp³-hybridized carbons (Fsp3) is 0.176. The molecule has 0 aliphatic carbocycles. The molecule has 24 heavy (non-hydrogen) atoms. The molecular formula is C17H18O7. The maximum atomic E-state index is 11.1. The topological polar surface area (TPSA) is 124 Å². The van der Waals surface area contributed by atoms with Crippen LogP contribution >= 0.6 is 0 Å². The third-order valence-electron chi connectivity index (χ3n) is 2.83. The van der Waals surface area contributed by atoms with Gasteiger partial charge in [-0.2, -0.15) is 0 Å². The zero-order valence-electron chi connectivity index (χ0n) is 12.8. The number of aromatic carboxylic acids is 1. The number of esters is 1. The highest BCUT2D eigenvalue weighted by Crippen LogP contribution is 2.16. The predicted octanol–water partition coefficient (Wildman–Crippen LogP) is 1.42. The number of benzene rings is 2. The lowest BCUT2D eigenvalue weighted by Crippen LogP contribution is -2.08. The number of carboxylic acids is 1. The molecule has 0 aromatic heterocycles. The van der Waals surface area contributed by atoms with E-state index in [-0.39, 0.29) is 36.7 Å². The van der Waals surface area contributed by atoms with E-state index < -0.39 is 11.9 Å². The van der Waals surface area contributed by atoms with Crippen LogP contribution in [0.5, 0.6) is 5.75 Å². The first kappa shape index (κ1) is 19.1. The van der Waals surface area contributed by atoms with E-state index in [1.807, 2.05) is 0 Å². The quantitative estimate of drug-likeness (QED) is 0.609. The smallest absolute Gasteiger partial charge is 0.341 e. The number of carbonyl (C=O) groups is 2. The molecular weight excluding hydrogens is 316 g/mol. The van der Waals surface area contributed by atoms with E-state index in [0.717, 1.165) is 5.56 Å². The Morgan fingerprint density at radius 2 is 1.58 bits per heavy atom. The van der Waals surface area contributed by atoms with Gasteiger partial charge in [0.25, 0.3) is 0 Å². The second-order valence-electron chi connectivity index (χ2n) is 4.54. The van der Waals surface area contributed by atoms with Gasteiger partial charge in [0.2, 0.25) is 0 Å². The van der Waals surface area contributed by atoms with Crippen molar-refractivity contribution in [1.82, 2.24) is 0 Å². The molecule has 0 amide bonds. The number of hydrogen-bond acceptors (Lipinski definition) is 6. The van der Waals surface area contributed by atoms with E-state index in [1.165, 1.54) is 24.3 Å². The van der Waals surface area contributed by atoms with Crippen LogP contribution in [0.15, 0.2) is 48.5 Å². The Morgan fingerprint density at radius 3 is 2.08 bits per heavy atom. The van der Waals surface area contributed by atoms with Crippen LogP contribution in [0.1, 0.15) is 26.3 Å². The number of phenolic OH excluding ortho intramolecular Hbond substituents is 1. The summed E-state index contributed by atoms with van der Waals surface area (Å²) in [7, 11) is 0. The molecule has 7 nitrogen and oxygen atoms in total. The van der Waals surface area contributed by atoms with Crippen LogP contribution in [0.25, 0.3) is 0 Å². The van der Waals surface area contributed by atoms with Crippen molar-refractivity contribution < 1.29 is 34.8 Å². The summed E-state index contributed by atoms with van der Waals surface area (Å²) in [5.41, 5.74) is 1.06. The van der Waals surface area contributed by atoms with Crippen LogP contribution in [0.3, 0.4) is 0 Å². The van der Waals surface area contributed by atoms with Crippen molar-refractivity contribution in [2.75, 3.05) is 13.2 Å². The summed E-state index contributed by atoms with van der Waals surface area (Å²) in [4.78, 5) is 21.5. The maximum Gasteiger partial charge on any atom is 0.341 e. The van der Waals surface area contributed by atoms with Crippen LogP contribution < -0.4 is 0 Å². The molecule has 0 aliphatic rings. The Bertz CT molecular complexity index is 665. The van der Waals surface area contributed by atoms with Gasteiger partial charge in [-0.25, -0.2) is 9.59 Å². The SMILES string of the molecule is O=C(O)c1ccc(CO)cc1.O=C(OCCO)c1ccccc1O. The van der Waals surface area contributed by atoms with Crippen molar-refractivity contribution in [2.24, 2.45) is 0 Å². The third-order valence-corrected chi connectivity index (χ3v) is 2.83. The normalized spacial score (nSPS) is 9.58. The van der Waals surface area contributed by atoms with Crippen LogP contribution in [0.4, 0.5) is 0 Å². The van der Waals surface area contributed by atoms with E-state index in [1.54, 1.807) is 24.3 Å². The number of aromatic hydroxyl groups is 1. The van der Waals surface area contributed by atoms with Crippen LogP contribution in [-0.2, 0) is 11.3 Å². The average molecular weight is 334 g/mol. The Hall–Kier alpha value is -2.90. The van der Waals surface area contributed by atoms with Gasteiger partial charge >= 0.3 is 11.9 Å². The summed E-state index contributed by atoms with van der Waals surface area (Å²) < 4.78 is 4.61. The van der Waals surface area contributed by atoms with Crippen LogP contribution in [0.2, 0.25) is 0 Å². The highest BCUT2D eigenvalue weighted by atomic mass is 16.5. The lowest BCUT2D eigenvalue weighted by atomic mass is 10.1. The number of para-hydroxylation sites is 1. The highest BCUT2D eigenvalue weighted by molar-refractivity contribution is 5.92. The highest BCUT2D eigenvalue weighted by Gasteiger charge is 2.10. The molecule has 7 heteroatoms. The van der Waals surface area contributed by atoms with Gasteiger partial charge in [-0.15, -0.1) is 0 Å². The van der Waals surface area contributed by atoms with Crippen LogP contribution in [-0.4, -0.2) is 45.6 Å². The molecule has 0 atom stereocenters. The number of carbonyl (C=O) groups excluding carboxylic acids is 1. The van der Waals surface area contributed by atoms with E-state index in [9.17, 15) is 14.7 Å². The Morgan fingerprint density at radius 1 is 0.958 bits per heavy atom. The number of hydrogen-bond donors (Lipinski definition) is 4. The number of aliphatic hydroxyl groups is 2. The van der Waals surface area contributed by atoms with E-state index in [0.29, 0.717) is 0 Å². The van der Waals surface area contributed by atoms with Crippen molar-refractivity contribution >= 4 is 11.9 Å². The van der Waals surface area contributed by atoms with Crippen molar-refractivity contribution in [2.45, 2.75) is 6.61 Å². The van der Waals surface area contributed by atoms with E-state index in [2.05, 4.69) is 4.74 Å². The minimum absolute atomic E-state index is 0.0557. The minimum Gasteiger partial charge on any atom is -0.507 e. The molecule has 2 rings (SSSR count). The summed E-state index contributed by atoms with van der Waals surface area (Å²) in [6, 6.07) is 12.2. The molecule has 0 spiro atoms. The lowest BCUT2D eigenvalue weighted by molar-refractivity contribution is 0.0430. The maximum absolute atomic E-state index is 11.1. The molecule has 0 saturated carbocycles. The second kappa shape index (κ2) is 9.98. The summed E-state index contributed by atoms with van der Waals surface area (Å²) >= 11 is 0. The van der Waals surface area contributed by atoms with Crippen molar-refractivity contribution in [3.63, 3.8) is 0 Å². The molecule has 0 aliphatic heterocycles. The molecule has 0 bridgehead atoms. The van der Waals surface area contributed by atoms with Gasteiger partial charge in [-0.1, -0.05) is 24.3 Å². The second-order valence-corrected chi connectivity index (χ2v) is 4.54. The molecule has 0 heterocycles. The Balaban J connectivity index is 0.000000243. The monoisotopic (exact) mass is 334 g/mol. The van der Waals surface area contributed by atoms with Crippen molar-refractivity contribution in [3.05, 3.63) is 65.2 Å². The molecule has 0 saturated heterocycles. The van der Waals surface area contributed by atoms with Gasteiger partial charge in [0.15, 0.2) is 0 Å². The summed E-state index contributed by atoms with van der Waals surface area (Å²) in [6.07, 6.45) is 0. The molecule has 0 unspecified atom stereocenters. The Kier molecular flexibility index (Phi) is 7.97. The number of aliphatic hydroxyl groups excluding tert-OH is 2. The third kappa shape index (κ3) is 6.07. The summed E-state index contributed by atoms with van der Waals surface area (Å²) in [5, 5.41) is 34.7. The number of carboxylic acid groups (broad SMARTS) is 1. The van der Waals surface area contributed by atoms with Gasteiger partial charge in [-0.3, -0.25) is 0 Å². The van der Waals surface area contributed by atoms with Crippen molar-refractivity contribution in [1.29, 1.82) is 0 Å². The van der Waals surface area contributed by atoms with E-state index >= 15 is 0 Å². The molecule has 4 N–H and O–H groups in total. The van der Waals surface area contributed by atoms with Gasteiger partial charge in [0, 0.05) is 0 Å². The summed E-state index contributed by atoms with van der Waals surface area (Å²) in [6.45, 7) is -0.341.